The zero-order valence-corrected chi connectivity index (χ0v) is 14.5. The molecule has 122 valence electrons. The number of para-hydroxylation sites is 1. The molecule has 7 heteroatoms. The molecule has 4 aromatic rings. The van der Waals surface area contributed by atoms with E-state index in [1.54, 1.807) is 10.9 Å². The van der Waals surface area contributed by atoms with Gasteiger partial charge in [0.15, 0.2) is 5.65 Å². The van der Waals surface area contributed by atoms with Gasteiger partial charge in [0.1, 0.15) is 11.7 Å². The lowest BCUT2D eigenvalue weighted by Gasteiger charge is -2.03. The monoisotopic (exact) mass is 393 g/mol. The summed E-state index contributed by atoms with van der Waals surface area (Å²) >= 11 is 3.45. The van der Waals surface area contributed by atoms with Crippen LogP contribution < -0.4 is 5.56 Å². The summed E-state index contributed by atoms with van der Waals surface area (Å²) in [5, 5.41) is 8.91. The lowest BCUT2D eigenvalue weighted by atomic mass is 10.2. The van der Waals surface area contributed by atoms with Gasteiger partial charge in [-0.2, -0.15) is 14.9 Å². The van der Waals surface area contributed by atoms with Crippen LogP contribution in [0.3, 0.4) is 0 Å². The van der Waals surface area contributed by atoms with Crippen molar-refractivity contribution < 1.29 is 0 Å². The van der Waals surface area contributed by atoms with Gasteiger partial charge in [-0.1, -0.05) is 52.3 Å². The minimum absolute atomic E-state index is 0.268. The smallest absolute Gasteiger partial charge is 0.266 e. The molecule has 0 aliphatic rings. The molecule has 25 heavy (non-hydrogen) atoms. The molecule has 2 heterocycles. The first-order valence-electron chi connectivity index (χ1n) is 7.54. The van der Waals surface area contributed by atoms with E-state index in [1.807, 2.05) is 54.6 Å². The van der Waals surface area contributed by atoms with Crippen molar-refractivity contribution in [2.75, 3.05) is 0 Å². The molecular weight excluding hydrogens is 382 g/mol. The van der Waals surface area contributed by atoms with Crippen LogP contribution in [0.4, 0.5) is 0 Å². The topological polar surface area (TPSA) is 65.1 Å². The summed E-state index contributed by atoms with van der Waals surface area (Å²) in [4.78, 5) is 17.0. The normalized spacial score (nSPS) is 11.4. The van der Waals surface area contributed by atoms with Crippen molar-refractivity contribution in [3.63, 3.8) is 0 Å². The van der Waals surface area contributed by atoms with E-state index >= 15 is 0 Å². The molecule has 4 rings (SSSR count). The van der Waals surface area contributed by atoms with Crippen LogP contribution in [0.2, 0.25) is 0 Å². The Bertz CT molecular complexity index is 1130. The predicted molar refractivity (Wildman–Crippen MR) is 100 cm³/mol. The predicted octanol–water partition coefficient (Wildman–Crippen LogP) is 3.23. The Kier molecular flexibility index (Phi) is 3.99. The summed E-state index contributed by atoms with van der Waals surface area (Å²) in [6.45, 7) is 0. The van der Waals surface area contributed by atoms with E-state index in [-0.39, 0.29) is 5.56 Å². The maximum Gasteiger partial charge on any atom is 0.285 e. The summed E-state index contributed by atoms with van der Waals surface area (Å²) in [5.41, 5.74) is 1.95. The Morgan fingerprint density at radius 1 is 1.04 bits per heavy atom. The Morgan fingerprint density at radius 2 is 1.80 bits per heavy atom. The Morgan fingerprint density at radius 3 is 2.60 bits per heavy atom. The van der Waals surface area contributed by atoms with Crippen molar-refractivity contribution >= 4 is 33.2 Å². The molecule has 0 amide bonds. The number of hydrogen-bond donors (Lipinski definition) is 0. The summed E-state index contributed by atoms with van der Waals surface area (Å²) in [6, 6.07) is 17.2. The molecule has 0 saturated carbocycles. The van der Waals surface area contributed by atoms with Crippen LogP contribution in [0.1, 0.15) is 5.56 Å². The third kappa shape index (κ3) is 2.89. The molecule has 0 N–H and O–H groups in total. The molecule has 0 bridgehead atoms. The molecule has 2 aromatic heterocycles. The first-order valence-corrected chi connectivity index (χ1v) is 8.33. The number of hydrogen-bond acceptors (Lipinski definition) is 4. The molecule has 0 aliphatic carbocycles. The number of nitrogens with zero attached hydrogens (tertiary/aromatic N) is 5. The molecule has 2 aromatic carbocycles. The van der Waals surface area contributed by atoms with Gasteiger partial charge in [0.2, 0.25) is 0 Å². The minimum atomic E-state index is -0.268. The van der Waals surface area contributed by atoms with Crippen molar-refractivity contribution in [1.29, 1.82) is 0 Å². The van der Waals surface area contributed by atoms with E-state index < -0.39 is 0 Å². The first kappa shape index (κ1) is 15.5. The van der Waals surface area contributed by atoms with Crippen molar-refractivity contribution in [2.24, 2.45) is 5.10 Å². The summed E-state index contributed by atoms with van der Waals surface area (Å²) < 4.78 is 3.75. The Hall–Kier alpha value is -3.06. The van der Waals surface area contributed by atoms with E-state index in [0.717, 1.165) is 15.7 Å². The van der Waals surface area contributed by atoms with E-state index in [4.69, 9.17) is 0 Å². The van der Waals surface area contributed by atoms with Crippen molar-refractivity contribution in [2.45, 2.75) is 0 Å². The first-order chi connectivity index (χ1) is 12.2. The summed E-state index contributed by atoms with van der Waals surface area (Å²) in [7, 11) is 0. The zero-order chi connectivity index (χ0) is 17.2. The van der Waals surface area contributed by atoms with Crippen LogP contribution in [-0.2, 0) is 0 Å². The lowest BCUT2D eigenvalue weighted by molar-refractivity contribution is 0.809. The highest BCUT2D eigenvalue weighted by atomic mass is 79.9. The SMILES string of the molecule is O=c1c2cnn(-c3ccccc3)c2ncn1/N=C\c1ccccc1Br. The Labute approximate surface area is 151 Å². The molecule has 0 saturated heterocycles. The third-order valence-corrected chi connectivity index (χ3v) is 4.42. The van der Waals surface area contributed by atoms with Gasteiger partial charge < -0.3 is 0 Å². The standard InChI is InChI=1S/C18H12BrN5O/c19-16-9-5-4-6-13(16)10-21-23-12-20-17-15(18(23)25)11-22-24(17)14-7-2-1-3-8-14/h1-12H/b21-10-. The number of aromatic nitrogens is 4. The van der Waals surface area contributed by atoms with Crippen LogP contribution in [0, 0.1) is 0 Å². The van der Waals surface area contributed by atoms with Gasteiger partial charge in [0.05, 0.1) is 18.1 Å². The number of fused-ring (bicyclic) bond motifs is 1. The maximum atomic E-state index is 12.6. The molecule has 0 fully saturated rings. The molecule has 0 atom stereocenters. The van der Waals surface area contributed by atoms with Crippen molar-refractivity contribution in [3.05, 3.63) is 87.5 Å². The van der Waals surface area contributed by atoms with Gasteiger partial charge in [-0.15, -0.1) is 0 Å². The fraction of sp³-hybridized carbons (Fsp3) is 0. The average Bonchev–Trinajstić information content (AvgIpc) is 3.08. The van der Waals surface area contributed by atoms with Gasteiger partial charge in [-0.05, 0) is 18.2 Å². The maximum absolute atomic E-state index is 12.6. The highest BCUT2D eigenvalue weighted by Crippen LogP contribution is 2.14. The fourth-order valence-corrected chi connectivity index (χ4v) is 2.83. The second kappa shape index (κ2) is 6.45. The van der Waals surface area contributed by atoms with Gasteiger partial charge >= 0.3 is 0 Å². The highest BCUT2D eigenvalue weighted by Gasteiger charge is 2.10. The molecule has 0 unspecified atom stereocenters. The number of halogens is 1. The van der Waals surface area contributed by atoms with Crippen molar-refractivity contribution in [3.8, 4) is 5.69 Å². The molecule has 0 aliphatic heterocycles. The second-order valence-electron chi connectivity index (χ2n) is 5.29. The molecule has 0 radical (unpaired) electrons. The van der Waals surface area contributed by atoms with Gasteiger partial charge in [-0.25, -0.2) is 9.67 Å². The van der Waals surface area contributed by atoms with E-state index in [2.05, 4.69) is 31.1 Å². The highest BCUT2D eigenvalue weighted by molar-refractivity contribution is 9.10. The largest absolute Gasteiger partial charge is 0.285 e. The summed E-state index contributed by atoms with van der Waals surface area (Å²) in [5.74, 6) is 0. The van der Waals surface area contributed by atoms with Gasteiger partial charge in [0.25, 0.3) is 5.56 Å². The Balaban J connectivity index is 1.77. The van der Waals surface area contributed by atoms with E-state index in [0.29, 0.717) is 11.0 Å². The number of rotatable bonds is 3. The zero-order valence-electron chi connectivity index (χ0n) is 13.0. The number of benzene rings is 2. The average molecular weight is 394 g/mol. The van der Waals surface area contributed by atoms with Crippen molar-refractivity contribution in [1.82, 2.24) is 19.4 Å². The second-order valence-corrected chi connectivity index (χ2v) is 6.14. The molecule has 6 nitrogen and oxygen atoms in total. The van der Waals surface area contributed by atoms with Crippen LogP contribution >= 0.6 is 15.9 Å². The van der Waals surface area contributed by atoms with E-state index in [9.17, 15) is 4.79 Å². The molecular formula is C18H12BrN5O. The van der Waals surface area contributed by atoms with Crippen LogP contribution in [0.25, 0.3) is 16.7 Å². The van der Waals surface area contributed by atoms with Gasteiger partial charge in [-0.3, -0.25) is 4.79 Å². The lowest BCUT2D eigenvalue weighted by Crippen LogP contribution is -2.17. The fourth-order valence-electron chi connectivity index (χ4n) is 2.45. The van der Waals surface area contributed by atoms with Crippen LogP contribution in [0.15, 0.2) is 81.5 Å². The summed E-state index contributed by atoms with van der Waals surface area (Å²) in [6.07, 6.45) is 4.53. The van der Waals surface area contributed by atoms with Gasteiger partial charge in [0, 0.05) is 10.0 Å². The van der Waals surface area contributed by atoms with E-state index in [1.165, 1.54) is 17.2 Å². The third-order valence-electron chi connectivity index (χ3n) is 3.70. The minimum Gasteiger partial charge on any atom is -0.266 e. The molecule has 0 spiro atoms. The quantitative estimate of drug-likeness (QED) is 0.502. The van der Waals surface area contributed by atoms with Crippen LogP contribution in [-0.4, -0.2) is 25.7 Å². The van der Waals surface area contributed by atoms with Crippen LogP contribution in [0.5, 0.6) is 0 Å².